The number of carboxylic acid groups (broad SMARTS) is 1. The summed E-state index contributed by atoms with van der Waals surface area (Å²) in [6.45, 7) is 3.26. The zero-order chi connectivity index (χ0) is 10.8. The van der Waals surface area contributed by atoms with Crippen molar-refractivity contribution in [1.82, 2.24) is 0 Å². The van der Waals surface area contributed by atoms with Gasteiger partial charge in [-0.1, -0.05) is 29.8 Å². The molecule has 0 saturated heterocycles. The fraction of sp³-hybridized carbons (Fsp3) is 0.364. The zero-order valence-corrected chi connectivity index (χ0v) is 8.32. The average Bonchev–Trinajstić information content (AvgIpc) is 2.08. The number of aliphatic hydroxyl groups is 1. The van der Waals surface area contributed by atoms with Crippen LogP contribution < -0.4 is 0 Å². The molecule has 14 heavy (non-hydrogen) atoms. The molecule has 0 unspecified atom stereocenters. The average molecular weight is 194 g/mol. The van der Waals surface area contributed by atoms with E-state index in [1.54, 1.807) is 0 Å². The molecule has 0 bridgehead atoms. The van der Waals surface area contributed by atoms with Gasteiger partial charge in [-0.05, 0) is 19.4 Å². The Balaban J connectivity index is 2.79. The number of aryl methyl sites for hydroxylation is 1. The van der Waals surface area contributed by atoms with Crippen molar-refractivity contribution in [3.8, 4) is 0 Å². The molecule has 1 aromatic rings. The maximum absolute atomic E-state index is 10.6. The lowest BCUT2D eigenvalue weighted by Gasteiger charge is -2.17. The molecule has 3 nitrogen and oxygen atoms in total. The van der Waals surface area contributed by atoms with Gasteiger partial charge in [0.25, 0.3) is 0 Å². The Labute approximate surface area is 83.0 Å². The summed E-state index contributed by atoms with van der Waals surface area (Å²) < 4.78 is 0. The van der Waals surface area contributed by atoms with Gasteiger partial charge in [0.15, 0.2) is 5.60 Å². The molecule has 0 spiro atoms. The molecule has 0 fully saturated rings. The topological polar surface area (TPSA) is 57.5 Å². The Morgan fingerprint density at radius 1 is 1.36 bits per heavy atom. The van der Waals surface area contributed by atoms with Crippen LogP contribution in [0.1, 0.15) is 18.1 Å². The summed E-state index contributed by atoms with van der Waals surface area (Å²) in [5, 5.41) is 18.2. The summed E-state index contributed by atoms with van der Waals surface area (Å²) in [6, 6.07) is 7.44. The van der Waals surface area contributed by atoms with Gasteiger partial charge < -0.3 is 10.2 Å². The number of hydrogen-bond donors (Lipinski definition) is 2. The molecule has 0 saturated carbocycles. The molecule has 0 heterocycles. The Bertz CT molecular complexity index is 325. The molecule has 1 atom stereocenters. The van der Waals surface area contributed by atoms with Crippen LogP contribution in [0.2, 0.25) is 0 Å². The first-order chi connectivity index (χ1) is 6.42. The van der Waals surface area contributed by atoms with Crippen molar-refractivity contribution < 1.29 is 15.0 Å². The van der Waals surface area contributed by atoms with Gasteiger partial charge in [0.2, 0.25) is 0 Å². The van der Waals surface area contributed by atoms with Crippen molar-refractivity contribution in [3.05, 3.63) is 35.4 Å². The van der Waals surface area contributed by atoms with E-state index in [4.69, 9.17) is 5.11 Å². The Morgan fingerprint density at radius 2 is 1.86 bits per heavy atom. The summed E-state index contributed by atoms with van der Waals surface area (Å²) in [5.74, 6) is -1.20. The van der Waals surface area contributed by atoms with E-state index in [-0.39, 0.29) is 6.42 Å². The largest absolute Gasteiger partial charge is 0.479 e. The minimum absolute atomic E-state index is 0.128. The van der Waals surface area contributed by atoms with Crippen molar-refractivity contribution in [2.45, 2.75) is 25.9 Å². The third kappa shape index (κ3) is 2.57. The molecule has 0 aliphatic carbocycles. The first-order valence-electron chi connectivity index (χ1n) is 4.43. The van der Waals surface area contributed by atoms with Gasteiger partial charge in [-0.2, -0.15) is 0 Å². The molecule has 1 rings (SSSR count). The minimum Gasteiger partial charge on any atom is -0.479 e. The SMILES string of the molecule is Cc1ccc(C[C@](C)(O)C(=O)O)cc1. The highest BCUT2D eigenvalue weighted by atomic mass is 16.4. The van der Waals surface area contributed by atoms with Crippen molar-refractivity contribution in [2.75, 3.05) is 0 Å². The van der Waals surface area contributed by atoms with E-state index >= 15 is 0 Å². The monoisotopic (exact) mass is 194 g/mol. The number of carboxylic acids is 1. The van der Waals surface area contributed by atoms with Crippen LogP contribution in [0.25, 0.3) is 0 Å². The molecule has 2 N–H and O–H groups in total. The lowest BCUT2D eigenvalue weighted by atomic mass is 9.96. The van der Waals surface area contributed by atoms with Crippen molar-refractivity contribution in [3.63, 3.8) is 0 Å². The fourth-order valence-corrected chi connectivity index (χ4v) is 1.18. The van der Waals surface area contributed by atoms with Crippen LogP contribution in [0, 0.1) is 6.92 Å². The lowest BCUT2D eigenvalue weighted by molar-refractivity contribution is -0.156. The normalized spacial score (nSPS) is 14.8. The number of rotatable bonds is 3. The van der Waals surface area contributed by atoms with E-state index in [1.165, 1.54) is 6.92 Å². The summed E-state index contributed by atoms with van der Waals surface area (Å²) in [4.78, 5) is 10.6. The van der Waals surface area contributed by atoms with Crippen LogP contribution in [0.4, 0.5) is 0 Å². The third-order valence-electron chi connectivity index (χ3n) is 2.13. The number of benzene rings is 1. The van der Waals surface area contributed by atoms with Crippen LogP contribution in [0.15, 0.2) is 24.3 Å². The molecule has 1 aromatic carbocycles. The van der Waals surface area contributed by atoms with Crippen LogP contribution >= 0.6 is 0 Å². The summed E-state index contributed by atoms with van der Waals surface area (Å²) >= 11 is 0. The van der Waals surface area contributed by atoms with Gasteiger partial charge in [-0.15, -0.1) is 0 Å². The molecule has 0 aliphatic rings. The highest BCUT2D eigenvalue weighted by Gasteiger charge is 2.29. The smallest absolute Gasteiger partial charge is 0.335 e. The maximum atomic E-state index is 10.6. The standard InChI is InChI=1S/C11H14O3/c1-8-3-5-9(6-4-8)7-11(2,14)10(12)13/h3-6,14H,7H2,1-2H3,(H,12,13)/t11-/m0/s1. The molecule has 0 aromatic heterocycles. The van der Waals surface area contributed by atoms with Crippen LogP contribution in [0.3, 0.4) is 0 Å². The summed E-state index contributed by atoms with van der Waals surface area (Å²) in [7, 11) is 0. The Kier molecular flexibility index (Phi) is 2.91. The van der Waals surface area contributed by atoms with Gasteiger partial charge in [-0.3, -0.25) is 0 Å². The fourth-order valence-electron chi connectivity index (χ4n) is 1.18. The third-order valence-corrected chi connectivity index (χ3v) is 2.13. The predicted molar refractivity (Wildman–Crippen MR) is 53.1 cm³/mol. The minimum atomic E-state index is -1.69. The maximum Gasteiger partial charge on any atom is 0.335 e. The number of carbonyl (C=O) groups is 1. The van der Waals surface area contributed by atoms with Crippen molar-refractivity contribution in [1.29, 1.82) is 0 Å². The Hall–Kier alpha value is -1.35. The summed E-state index contributed by atoms with van der Waals surface area (Å²) in [5.41, 5.74) is 0.252. The highest BCUT2D eigenvalue weighted by Crippen LogP contribution is 2.13. The van der Waals surface area contributed by atoms with Gasteiger partial charge in [0.05, 0.1) is 0 Å². The lowest BCUT2D eigenvalue weighted by Crippen LogP contribution is -2.37. The molecule has 3 heteroatoms. The highest BCUT2D eigenvalue weighted by molar-refractivity contribution is 5.76. The van der Waals surface area contributed by atoms with Gasteiger partial charge in [0.1, 0.15) is 0 Å². The van der Waals surface area contributed by atoms with E-state index in [9.17, 15) is 9.90 Å². The molecular formula is C11H14O3. The van der Waals surface area contributed by atoms with Crippen molar-refractivity contribution >= 4 is 5.97 Å². The summed E-state index contributed by atoms with van der Waals surface area (Å²) in [6.07, 6.45) is 0.128. The van der Waals surface area contributed by atoms with Crippen LogP contribution in [-0.2, 0) is 11.2 Å². The zero-order valence-electron chi connectivity index (χ0n) is 8.32. The number of aliphatic carboxylic acids is 1. The second-order valence-electron chi connectivity index (χ2n) is 3.74. The van der Waals surface area contributed by atoms with E-state index < -0.39 is 11.6 Å². The Morgan fingerprint density at radius 3 is 2.29 bits per heavy atom. The van der Waals surface area contributed by atoms with E-state index in [1.807, 2.05) is 31.2 Å². The quantitative estimate of drug-likeness (QED) is 0.764. The van der Waals surface area contributed by atoms with Gasteiger partial charge >= 0.3 is 5.97 Å². The molecule has 76 valence electrons. The van der Waals surface area contributed by atoms with Gasteiger partial charge in [-0.25, -0.2) is 4.79 Å². The van der Waals surface area contributed by atoms with E-state index in [0.717, 1.165) is 11.1 Å². The second-order valence-corrected chi connectivity index (χ2v) is 3.74. The predicted octanol–water partition coefficient (Wildman–Crippen LogP) is 1.37. The molecule has 0 radical (unpaired) electrons. The first kappa shape index (κ1) is 10.7. The van der Waals surface area contributed by atoms with Crippen LogP contribution in [-0.4, -0.2) is 21.8 Å². The van der Waals surface area contributed by atoms with Crippen LogP contribution in [0.5, 0.6) is 0 Å². The van der Waals surface area contributed by atoms with Gasteiger partial charge in [0, 0.05) is 6.42 Å². The van der Waals surface area contributed by atoms with E-state index in [0.29, 0.717) is 0 Å². The number of hydrogen-bond acceptors (Lipinski definition) is 2. The first-order valence-corrected chi connectivity index (χ1v) is 4.43. The second kappa shape index (κ2) is 3.80. The molecule has 0 amide bonds. The molecule has 0 aliphatic heterocycles. The van der Waals surface area contributed by atoms with E-state index in [2.05, 4.69) is 0 Å². The molecular weight excluding hydrogens is 180 g/mol. The van der Waals surface area contributed by atoms with Crippen molar-refractivity contribution in [2.24, 2.45) is 0 Å².